The van der Waals surface area contributed by atoms with Gasteiger partial charge in [0.1, 0.15) is 6.67 Å². The molecule has 1 N–H and O–H groups in total. The molecule has 0 radical (unpaired) electrons. The number of hydrogen-bond acceptors (Lipinski definition) is 3. The van der Waals surface area contributed by atoms with Crippen molar-refractivity contribution in [2.75, 3.05) is 12.0 Å². The fourth-order valence-corrected chi connectivity index (χ4v) is 1.83. The lowest BCUT2D eigenvalue weighted by Gasteiger charge is -2.03. The number of nitrogens with one attached hydrogen (secondary N) is 1. The molecule has 5 nitrogen and oxygen atoms in total. The molecule has 20 heavy (non-hydrogen) atoms. The number of nitrogens with zero attached hydrogens (tertiary/aromatic N) is 4. The van der Waals surface area contributed by atoms with E-state index in [4.69, 9.17) is 0 Å². The second kappa shape index (κ2) is 7.23. The zero-order valence-electron chi connectivity index (χ0n) is 11.4. The molecule has 0 aromatic carbocycles. The van der Waals surface area contributed by atoms with E-state index in [1.165, 1.54) is 15.6 Å². The number of aryl methyl sites for hydroxylation is 3. The molecule has 2 heterocycles. The van der Waals surface area contributed by atoms with E-state index >= 15 is 0 Å². The van der Waals surface area contributed by atoms with Crippen molar-refractivity contribution in [1.29, 1.82) is 0 Å². The number of alkyl halides is 1. The van der Waals surface area contributed by atoms with Crippen LogP contribution in [0.25, 0.3) is 0 Å². The Morgan fingerprint density at radius 2 is 2.15 bits per heavy atom. The van der Waals surface area contributed by atoms with E-state index in [-0.39, 0.29) is 24.9 Å². The van der Waals surface area contributed by atoms with Gasteiger partial charge in [-0.1, -0.05) is 0 Å². The Bertz CT molecular complexity index is 552. The Hall–Kier alpha value is -1.63. The van der Waals surface area contributed by atoms with Crippen molar-refractivity contribution >= 4 is 18.1 Å². The van der Waals surface area contributed by atoms with Crippen LogP contribution < -0.4 is 5.32 Å². The van der Waals surface area contributed by atoms with Crippen molar-refractivity contribution < 1.29 is 8.78 Å². The highest BCUT2D eigenvalue weighted by Crippen LogP contribution is 2.15. The second-order valence-electron chi connectivity index (χ2n) is 4.21. The molecule has 0 fully saturated rings. The molecular weight excluding hydrogens is 288 g/mol. The van der Waals surface area contributed by atoms with Crippen molar-refractivity contribution in [3.63, 3.8) is 0 Å². The van der Waals surface area contributed by atoms with Crippen LogP contribution in [-0.2, 0) is 19.6 Å². The summed E-state index contributed by atoms with van der Waals surface area (Å²) in [6.07, 6.45) is 3.23. The summed E-state index contributed by atoms with van der Waals surface area (Å²) in [6, 6.07) is 0. The van der Waals surface area contributed by atoms with Gasteiger partial charge in [0.15, 0.2) is 0 Å². The summed E-state index contributed by atoms with van der Waals surface area (Å²) in [7, 11) is 0. The number of rotatable bonds is 6. The van der Waals surface area contributed by atoms with E-state index in [0.717, 1.165) is 11.4 Å². The van der Waals surface area contributed by atoms with Crippen LogP contribution in [0.15, 0.2) is 12.4 Å². The number of anilines is 1. The Kier molecular flexibility index (Phi) is 5.94. The highest BCUT2D eigenvalue weighted by molar-refractivity contribution is 5.85. The normalized spacial score (nSPS) is 10.4. The summed E-state index contributed by atoms with van der Waals surface area (Å²) in [5.41, 5.74) is 2.04. The molecule has 0 aliphatic carbocycles. The lowest BCUT2D eigenvalue weighted by molar-refractivity contribution is 0.426. The van der Waals surface area contributed by atoms with Crippen LogP contribution in [0.4, 0.5) is 14.5 Å². The lowest BCUT2D eigenvalue weighted by Crippen LogP contribution is -2.04. The van der Waals surface area contributed by atoms with Gasteiger partial charge in [0.2, 0.25) is 5.95 Å². The van der Waals surface area contributed by atoms with Gasteiger partial charge in [-0.15, -0.1) is 12.4 Å². The van der Waals surface area contributed by atoms with Gasteiger partial charge in [0.25, 0.3) is 0 Å². The average Bonchev–Trinajstić information content (AvgIpc) is 2.91. The zero-order valence-corrected chi connectivity index (χ0v) is 12.3. The highest BCUT2D eigenvalue weighted by atomic mass is 35.5. The van der Waals surface area contributed by atoms with Crippen LogP contribution >= 0.6 is 12.4 Å². The van der Waals surface area contributed by atoms with Crippen LogP contribution in [0.3, 0.4) is 0 Å². The molecular formula is C12H18ClF2N5. The van der Waals surface area contributed by atoms with Gasteiger partial charge in [-0.05, 0) is 13.8 Å². The van der Waals surface area contributed by atoms with Crippen LogP contribution in [0.2, 0.25) is 0 Å². The summed E-state index contributed by atoms with van der Waals surface area (Å²) in [5.74, 6) is -0.330. The lowest BCUT2D eigenvalue weighted by atomic mass is 10.3. The van der Waals surface area contributed by atoms with E-state index in [2.05, 4.69) is 15.5 Å². The minimum absolute atomic E-state index is 0. The third-order valence-electron chi connectivity index (χ3n) is 2.87. The summed E-state index contributed by atoms with van der Waals surface area (Å²) >= 11 is 0. The van der Waals surface area contributed by atoms with Gasteiger partial charge in [0, 0.05) is 24.8 Å². The zero-order chi connectivity index (χ0) is 13.8. The molecule has 112 valence electrons. The maximum Gasteiger partial charge on any atom is 0.216 e. The van der Waals surface area contributed by atoms with Crippen molar-refractivity contribution in [2.45, 2.75) is 33.5 Å². The predicted octanol–water partition coefficient (Wildman–Crippen LogP) is 2.55. The molecule has 8 heteroatoms. The first-order chi connectivity index (χ1) is 9.15. The van der Waals surface area contributed by atoms with Crippen molar-refractivity contribution in [3.8, 4) is 0 Å². The van der Waals surface area contributed by atoms with Crippen LogP contribution in [0.5, 0.6) is 0 Å². The van der Waals surface area contributed by atoms with Gasteiger partial charge in [-0.2, -0.15) is 14.6 Å². The van der Waals surface area contributed by atoms with Crippen LogP contribution in [0, 0.1) is 12.9 Å². The molecule has 2 rings (SSSR count). The molecule has 0 aliphatic heterocycles. The SMILES string of the molecule is CCn1ncc(CNc2cn(CCF)nc2C)c1F.Cl. The fourth-order valence-electron chi connectivity index (χ4n) is 1.83. The minimum atomic E-state index is -0.460. The molecule has 2 aromatic heterocycles. The Morgan fingerprint density at radius 3 is 2.75 bits per heavy atom. The predicted molar refractivity (Wildman–Crippen MR) is 75.4 cm³/mol. The molecule has 0 spiro atoms. The molecule has 0 saturated heterocycles. The summed E-state index contributed by atoms with van der Waals surface area (Å²) in [4.78, 5) is 0. The van der Waals surface area contributed by atoms with Crippen LogP contribution in [0.1, 0.15) is 18.2 Å². The Labute approximate surface area is 122 Å². The van der Waals surface area contributed by atoms with Gasteiger partial charge < -0.3 is 5.32 Å². The third-order valence-corrected chi connectivity index (χ3v) is 2.87. The molecule has 0 bridgehead atoms. The van der Waals surface area contributed by atoms with E-state index in [1.54, 1.807) is 6.20 Å². The summed E-state index contributed by atoms with van der Waals surface area (Å²) in [5, 5.41) is 11.2. The molecule has 2 aromatic rings. The maximum absolute atomic E-state index is 13.8. The number of aromatic nitrogens is 4. The monoisotopic (exact) mass is 305 g/mol. The largest absolute Gasteiger partial charge is 0.378 e. The van der Waals surface area contributed by atoms with Crippen LogP contribution in [-0.4, -0.2) is 26.2 Å². The average molecular weight is 306 g/mol. The molecule has 0 atom stereocenters. The first kappa shape index (κ1) is 16.4. The van der Waals surface area contributed by atoms with Gasteiger partial charge in [0.05, 0.1) is 24.1 Å². The molecule has 0 aliphatic rings. The molecule has 0 saturated carbocycles. The quantitative estimate of drug-likeness (QED) is 0.892. The topological polar surface area (TPSA) is 47.7 Å². The first-order valence-electron chi connectivity index (χ1n) is 6.19. The molecule has 0 unspecified atom stereocenters. The number of halogens is 3. The first-order valence-corrected chi connectivity index (χ1v) is 6.19. The second-order valence-corrected chi connectivity index (χ2v) is 4.21. The maximum atomic E-state index is 13.8. The van der Waals surface area contributed by atoms with Gasteiger partial charge in [-0.3, -0.25) is 4.68 Å². The summed E-state index contributed by atoms with van der Waals surface area (Å²) < 4.78 is 28.8. The standard InChI is InChI=1S/C12H17F2N5.ClH/c1-3-19-12(14)10(7-16-19)6-15-11-8-18(5-4-13)17-9(11)2;/h7-8,15H,3-6H2,1-2H3;1H. The van der Waals surface area contributed by atoms with E-state index in [0.29, 0.717) is 18.7 Å². The summed E-state index contributed by atoms with van der Waals surface area (Å²) in [6.45, 7) is 4.25. The van der Waals surface area contributed by atoms with Crippen molar-refractivity contribution in [2.24, 2.45) is 0 Å². The fraction of sp³-hybridized carbons (Fsp3) is 0.500. The van der Waals surface area contributed by atoms with Gasteiger partial charge >= 0.3 is 0 Å². The minimum Gasteiger partial charge on any atom is -0.378 e. The Balaban J connectivity index is 0.00000200. The van der Waals surface area contributed by atoms with E-state index < -0.39 is 6.67 Å². The molecule has 0 amide bonds. The van der Waals surface area contributed by atoms with Gasteiger partial charge in [-0.25, -0.2) is 9.07 Å². The van der Waals surface area contributed by atoms with E-state index in [1.807, 2.05) is 13.8 Å². The highest BCUT2D eigenvalue weighted by Gasteiger charge is 2.10. The Morgan fingerprint density at radius 1 is 1.40 bits per heavy atom. The number of hydrogen-bond donors (Lipinski definition) is 1. The van der Waals surface area contributed by atoms with Crippen molar-refractivity contribution in [3.05, 3.63) is 29.6 Å². The van der Waals surface area contributed by atoms with E-state index in [9.17, 15) is 8.78 Å². The van der Waals surface area contributed by atoms with Crippen molar-refractivity contribution in [1.82, 2.24) is 19.6 Å². The third kappa shape index (κ3) is 3.47. The smallest absolute Gasteiger partial charge is 0.216 e.